The van der Waals surface area contributed by atoms with Crippen molar-refractivity contribution < 1.29 is 0 Å². The van der Waals surface area contributed by atoms with Gasteiger partial charge in [-0.15, -0.1) is 22.7 Å². The highest BCUT2D eigenvalue weighted by molar-refractivity contribution is 7.15. The van der Waals surface area contributed by atoms with Crippen LogP contribution in [0.1, 0.15) is 95.8 Å². The van der Waals surface area contributed by atoms with Crippen LogP contribution in [0.3, 0.4) is 0 Å². The van der Waals surface area contributed by atoms with Crippen molar-refractivity contribution in [3.8, 4) is 27.3 Å². The second kappa shape index (κ2) is 11.1. The van der Waals surface area contributed by atoms with Gasteiger partial charge in [0.05, 0.1) is 21.9 Å². The molecule has 57 heavy (non-hydrogen) atoms. The quantitative estimate of drug-likeness (QED) is 0.157. The van der Waals surface area contributed by atoms with Crippen molar-refractivity contribution in [2.45, 2.75) is 63.2 Å². The number of fused-ring (bicyclic) bond motifs is 19. The van der Waals surface area contributed by atoms with Crippen LogP contribution in [-0.2, 0) is 21.7 Å². The van der Waals surface area contributed by atoms with E-state index in [9.17, 15) is 0 Å². The van der Waals surface area contributed by atoms with E-state index in [-0.39, 0.29) is 10.8 Å². The third-order valence-corrected chi connectivity index (χ3v) is 15.8. The van der Waals surface area contributed by atoms with Crippen LogP contribution in [0.5, 0.6) is 0 Å². The SMILES string of the molecule is CC(C)(C)c1ccc2c(c1)c1cc(C(C)(C)C)ccc1n2-c1cc2c(s1)C1(c3ccccc3-c3ccccc31)c1ccsc1C21c2ccccc2-c2ccccc21. The van der Waals surface area contributed by atoms with Crippen molar-refractivity contribution in [2.75, 3.05) is 0 Å². The van der Waals surface area contributed by atoms with Gasteiger partial charge in [0.25, 0.3) is 0 Å². The highest BCUT2D eigenvalue weighted by Crippen LogP contribution is 2.70. The van der Waals surface area contributed by atoms with E-state index < -0.39 is 10.8 Å². The number of aromatic nitrogens is 1. The number of rotatable bonds is 1. The lowest BCUT2D eigenvalue weighted by molar-refractivity contribution is 0.590. The molecule has 0 saturated heterocycles. The van der Waals surface area contributed by atoms with Crippen LogP contribution in [0.2, 0.25) is 0 Å². The maximum absolute atomic E-state index is 2.61. The molecular formula is C54H43NS2. The molecule has 3 aromatic heterocycles. The van der Waals surface area contributed by atoms with Crippen LogP contribution < -0.4 is 0 Å². The molecule has 3 heteroatoms. The van der Waals surface area contributed by atoms with Crippen molar-refractivity contribution in [1.29, 1.82) is 0 Å². The summed E-state index contributed by atoms with van der Waals surface area (Å²) in [5.41, 5.74) is 18.2. The summed E-state index contributed by atoms with van der Waals surface area (Å²) in [5.74, 6) is 0. The first-order valence-corrected chi connectivity index (χ1v) is 21.9. The normalized spacial score (nSPS) is 15.5. The Balaban J connectivity index is 1.26. The first-order valence-electron chi connectivity index (χ1n) is 20.3. The first kappa shape index (κ1) is 33.6. The Morgan fingerprint density at radius 1 is 0.421 bits per heavy atom. The minimum Gasteiger partial charge on any atom is -0.301 e. The number of hydrogen-bond acceptors (Lipinski definition) is 2. The molecule has 0 N–H and O–H groups in total. The van der Waals surface area contributed by atoms with Crippen LogP contribution in [0.15, 0.2) is 151 Å². The fourth-order valence-electron chi connectivity index (χ4n) is 10.9. The minimum atomic E-state index is -0.448. The molecule has 3 heterocycles. The molecule has 0 atom stereocenters. The summed E-state index contributed by atoms with van der Waals surface area (Å²) in [7, 11) is 0. The molecule has 9 aromatic rings. The summed E-state index contributed by atoms with van der Waals surface area (Å²) in [6.07, 6.45) is 0. The average Bonchev–Trinajstić information content (AvgIpc) is 4.03. The summed E-state index contributed by atoms with van der Waals surface area (Å²) in [4.78, 5) is 2.87. The molecule has 276 valence electrons. The molecule has 0 aliphatic heterocycles. The molecule has 0 bridgehead atoms. The standard InChI is InChI=1S/C54H43NS2/c1-51(2,3)32-23-25-46-38(29-32)39-30-33(52(4,5)6)24-26-47(39)55(46)48-31-45-50(57-48)53(40-19-11-7-15-34(40)35-16-8-12-20-41(35)53)44-27-28-56-49(44)54(45)42-21-13-9-17-36(42)37-18-10-14-22-43(37)54/h7-31H,1-6H3. The van der Waals surface area contributed by atoms with Crippen molar-refractivity contribution >= 4 is 44.5 Å². The Kier molecular flexibility index (Phi) is 6.57. The van der Waals surface area contributed by atoms with Crippen LogP contribution in [-0.4, -0.2) is 4.57 Å². The van der Waals surface area contributed by atoms with Crippen molar-refractivity contribution in [3.63, 3.8) is 0 Å². The van der Waals surface area contributed by atoms with Gasteiger partial charge in [0.1, 0.15) is 5.00 Å². The summed E-state index contributed by atoms with van der Waals surface area (Å²) in [6, 6.07) is 56.5. The van der Waals surface area contributed by atoms with Crippen molar-refractivity contribution in [3.05, 3.63) is 205 Å². The summed E-state index contributed by atoms with van der Waals surface area (Å²) < 4.78 is 2.60. The topological polar surface area (TPSA) is 4.93 Å². The van der Waals surface area contributed by atoms with Gasteiger partial charge in [0.15, 0.2) is 0 Å². The fraction of sp³-hybridized carbons (Fsp3) is 0.185. The predicted octanol–water partition coefficient (Wildman–Crippen LogP) is 14.5. The van der Waals surface area contributed by atoms with E-state index in [1.165, 1.54) is 103 Å². The zero-order valence-electron chi connectivity index (χ0n) is 33.2. The van der Waals surface area contributed by atoms with E-state index in [1.807, 2.05) is 22.7 Å². The molecule has 0 amide bonds. The Labute approximate surface area is 342 Å². The monoisotopic (exact) mass is 769 g/mol. The highest BCUT2D eigenvalue weighted by atomic mass is 32.1. The average molecular weight is 770 g/mol. The molecule has 1 nitrogen and oxygen atoms in total. The molecule has 3 aliphatic carbocycles. The molecular weight excluding hydrogens is 727 g/mol. The van der Waals surface area contributed by atoms with Gasteiger partial charge in [0.2, 0.25) is 0 Å². The third-order valence-electron chi connectivity index (χ3n) is 13.5. The largest absolute Gasteiger partial charge is 0.301 e. The molecule has 0 fully saturated rings. The van der Waals surface area contributed by atoms with Gasteiger partial charge in [0, 0.05) is 20.5 Å². The highest BCUT2D eigenvalue weighted by Gasteiger charge is 2.61. The van der Waals surface area contributed by atoms with Gasteiger partial charge in [-0.3, -0.25) is 0 Å². The van der Waals surface area contributed by atoms with Gasteiger partial charge >= 0.3 is 0 Å². The van der Waals surface area contributed by atoms with Gasteiger partial charge < -0.3 is 4.57 Å². The van der Waals surface area contributed by atoms with Crippen molar-refractivity contribution in [1.82, 2.24) is 4.57 Å². The number of hydrogen-bond donors (Lipinski definition) is 0. The van der Waals surface area contributed by atoms with E-state index in [0.29, 0.717) is 0 Å². The maximum Gasteiger partial charge on any atom is 0.101 e. The molecule has 0 radical (unpaired) electrons. The zero-order valence-corrected chi connectivity index (χ0v) is 34.8. The Hall–Kier alpha value is -5.48. The Morgan fingerprint density at radius 3 is 1.28 bits per heavy atom. The second-order valence-corrected chi connectivity index (χ2v) is 20.4. The van der Waals surface area contributed by atoms with Gasteiger partial charge in [-0.05, 0) is 119 Å². The first-order chi connectivity index (χ1) is 27.5. The van der Waals surface area contributed by atoms with E-state index in [2.05, 4.69) is 197 Å². The number of thiophene rings is 2. The number of nitrogens with zero attached hydrogens (tertiary/aromatic N) is 1. The summed E-state index contributed by atoms with van der Waals surface area (Å²) in [6.45, 7) is 14.0. The molecule has 0 saturated carbocycles. The molecule has 12 rings (SSSR count). The van der Waals surface area contributed by atoms with Gasteiger partial charge in [-0.2, -0.15) is 0 Å². The van der Waals surface area contributed by atoms with Gasteiger partial charge in [-0.25, -0.2) is 0 Å². The van der Waals surface area contributed by atoms with Gasteiger partial charge in [-0.1, -0.05) is 151 Å². The van der Waals surface area contributed by atoms with Crippen LogP contribution in [0.25, 0.3) is 49.1 Å². The van der Waals surface area contributed by atoms with Crippen molar-refractivity contribution in [2.24, 2.45) is 0 Å². The maximum atomic E-state index is 2.61. The van der Waals surface area contributed by atoms with Crippen LogP contribution >= 0.6 is 22.7 Å². The summed E-state index contributed by atoms with van der Waals surface area (Å²) >= 11 is 3.95. The summed E-state index contributed by atoms with van der Waals surface area (Å²) in [5, 5.41) is 6.29. The lowest BCUT2D eigenvalue weighted by Gasteiger charge is -2.45. The molecule has 2 spiro atoms. The smallest absolute Gasteiger partial charge is 0.101 e. The molecule has 6 aromatic carbocycles. The van der Waals surface area contributed by atoms with Crippen LogP contribution in [0, 0.1) is 0 Å². The zero-order chi connectivity index (χ0) is 38.6. The Bertz CT molecular complexity index is 2870. The second-order valence-electron chi connectivity index (χ2n) is 18.5. The minimum absolute atomic E-state index is 0.0367. The lowest BCUT2D eigenvalue weighted by atomic mass is 9.58. The van der Waals surface area contributed by atoms with E-state index in [4.69, 9.17) is 0 Å². The Morgan fingerprint density at radius 2 is 0.842 bits per heavy atom. The fourth-order valence-corrected chi connectivity index (χ4v) is 13.6. The molecule has 0 unspecified atom stereocenters. The van der Waals surface area contributed by atoms with E-state index >= 15 is 0 Å². The molecule has 3 aliphatic rings. The predicted molar refractivity (Wildman–Crippen MR) is 242 cm³/mol. The van der Waals surface area contributed by atoms with Crippen LogP contribution in [0.4, 0.5) is 0 Å². The van der Waals surface area contributed by atoms with E-state index in [1.54, 1.807) is 0 Å². The third kappa shape index (κ3) is 4.09. The van der Waals surface area contributed by atoms with E-state index in [0.717, 1.165) is 0 Å². The lowest BCUT2D eigenvalue weighted by Crippen LogP contribution is -2.41. The number of benzene rings is 6.